The van der Waals surface area contributed by atoms with Crippen LogP contribution in [0.1, 0.15) is 11.1 Å². The van der Waals surface area contributed by atoms with Crippen LogP contribution in [-0.2, 0) is 23.6 Å². The summed E-state index contributed by atoms with van der Waals surface area (Å²) in [4.78, 5) is 4.37. The first-order chi connectivity index (χ1) is 11.3. The van der Waals surface area contributed by atoms with Gasteiger partial charge in [0.2, 0.25) is 0 Å². The van der Waals surface area contributed by atoms with Crippen molar-refractivity contribution in [2.45, 2.75) is 13.5 Å². The maximum atomic E-state index is 4.37. The number of aryl methyl sites for hydroxylation is 1. The molecule has 2 nitrogen and oxygen atoms in total. The molecule has 126 valence electrons. The van der Waals surface area contributed by atoms with Crippen molar-refractivity contribution in [1.82, 2.24) is 5.32 Å². The number of hydrogen-bond donors (Lipinski definition) is 1. The van der Waals surface area contributed by atoms with Crippen LogP contribution >= 0.6 is 0 Å². The van der Waals surface area contributed by atoms with Gasteiger partial charge in [-0.2, -0.15) is 0 Å². The van der Waals surface area contributed by atoms with Crippen LogP contribution in [0.3, 0.4) is 0 Å². The molecule has 0 bridgehead atoms. The third kappa shape index (κ3) is 8.83. The number of hydrogen-bond acceptors (Lipinski definition) is 2. The molecule has 2 aliphatic carbocycles. The summed E-state index contributed by atoms with van der Waals surface area (Å²) in [5.41, 5.74) is 3.80. The number of aliphatic imine (C=N–C) groups is 1. The zero-order chi connectivity index (χ0) is 16.2. The summed E-state index contributed by atoms with van der Waals surface area (Å²) in [6, 6.07) is 8.61. The van der Waals surface area contributed by atoms with E-state index in [0.717, 1.165) is 19.6 Å². The molecule has 0 aliphatic heterocycles. The molecule has 1 aromatic carbocycles. The fraction of sp³-hybridized carbons (Fsp3) is 0.190. The van der Waals surface area contributed by atoms with Gasteiger partial charge in [-0.1, -0.05) is 72.4 Å². The van der Waals surface area contributed by atoms with Gasteiger partial charge in [-0.05, 0) is 18.1 Å². The SMILES string of the molecule is Cc1ccc(CNCCN=CC2=C[CH]C=C2)cc1.[CH]1C=CC=C1.[Fe]. The number of nitrogens with zero attached hydrogens (tertiary/aromatic N) is 1. The smallest absolute Gasteiger partial charge is 0.0514 e. The molecular weight excluding hydrogens is 336 g/mol. The Kier molecular flexibility index (Phi) is 10.8. The van der Waals surface area contributed by atoms with Gasteiger partial charge in [0.05, 0.1) is 6.54 Å². The first-order valence-corrected chi connectivity index (χ1v) is 7.99. The van der Waals surface area contributed by atoms with Gasteiger partial charge in [0, 0.05) is 49.2 Å². The van der Waals surface area contributed by atoms with E-state index in [1.807, 2.05) is 49.4 Å². The Labute approximate surface area is 156 Å². The van der Waals surface area contributed by atoms with Gasteiger partial charge in [0.25, 0.3) is 0 Å². The van der Waals surface area contributed by atoms with Crippen LogP contribution in [-0.4, -0.2) is 19.3 Å². The van der Waals surface area contributed by atoms with Crippen molar-refractivity contribution in [3.8, 4) is 0 Å². The maximum Gasteiger partial charge on any atom is 0.0514 e. The molecule has 1 N–H and O–H groups in total. The Balaban J connectivity index is 0.000000412. The zero-order valence-corrected chi connectivity index (χ0v) is 15.1. The number of rotatable bonds is 6. The summed E-state index contributed by atoms with van der Waals surface area (Å²) < 4.78 is 0. The van der Waals surface area contributed by atoms with Gasteiger partial charge in [-0.25, -0.2) is 0 Å². The quantitative estimate of drug-likeness (QED) is 0.460. The van der Waals surface area contributed by atoms with Crippen LogP contribution < -0.4 is 5.32 Å². The molecule has 2 radical (unpaired) electrons. The monoisotopic (exact) mass is 360 g/mol. The van der Waals surface area contributed by atoms with E-state index >= 15 is 0 Å². The van der Waals surface area contributed by atoms with Gasteiger partial charge >= 0.3 is 0 Å². The molecule has 24 heavy (non-hydrogen) atoms. The summed E-state index contributed by atoms with van der Waals surface area (Å²) in [5.74, 6) is 0. The van der Waals surface area contributed by atoms with Crippen LogP contribution in [0.4, 0.5) is 0 Å². The molecule has 0 unspecified atom stereocenters. The topological polar surface area (TPSA) is 24.4 Å². The van der Waals surface area contributed by atoms with Crippen molar-refractivity contribution in [1.29, 1.82) is 0 Å². The molecular formula is C21H24FeN2. The van der Waals surface area contributed by atoms with Crippen LogP contribution in [0.25, 0.3) is 0 Å². The average molecular weight is 360 g/mol. The predicted molar refractivity (Wildman–Crippen MR) is 100 cm³/mol. The van der Waals surface area contributed by atoms with E-state index in [2.05, 4.69) is 53.7 Å². The molecule has 0 fully saturated rings. The Bertz CT molecular complexity index is 597. The van der Waals surface area contributed by atoms with Gasteiger partial charge < -0.3 is 5.32 Å². The minimum atomic E-state index is 0. The number of nitrogens with one attached hydrogen (secondary N) is 1. The minimum Gasteiger partial charge on any atom is -0.311 e. The second-order valence-electron chi connectivity index (χ2n) is 5.38. The summed E-state index contributed by atoms with van der Waals surface area (Å²) >= 11 is 0. The standard InChI is InChI=1S/C16H19N2.C5H5.Fe/c1-14-6-8-16(9-7-14)13-18-11-10-17-12-15-4-2-3-5-15;1-2-4-5-3-1;/h2-9,12,18H,10-11,13H2,1H3;1-5H;. The number of benzene rings is 1. The maximum absolute atomic E-state index is 4.37. The minimum absolute atomic E-state index is 0. The molecule has 1 aromatic rings. The van der Waals surface area contributed by atoms with Crippen LogP contribution in [0.2, 0.25) is 0 Å². The summed E-state index contributed by atoms with van der Waals surface area (Å²) in [6.07, 6.45) is 20.1. The summed E-state index contributed by atoms with van der Waals surface area (Å²) in [6.45, 7) is 4.74. The molecule has 0 saturated heterocycles. The second-order valence-corrected chi connectivity index (χ2v) is 5.38. The molecule has 0 amide bonds. The largest absolute Gasteiger partial charge is 0.311 e. The molecule has 0 aromatic heterocycles. The number of allylic oxidation sites excluding steroid dienone is 8. The zero-order valence-electron chi connectivity index (χ0n) is 14.0. The van der Waals surface area contributed by atoms with E-state index in [-0.39, 0.29) is 17.1 Å². The molecule has 0 saturated carbocycles. The van der Waals surface area contributed by atoms with E-state index in [9.17, 15) is 0 Å². The van der Waals surface area contributed by atoms with Crippen molar-refractivity contribution in [2.24, 2.45) is 4.99 Å². The molecule has 0 heterocycles. The molecule has 2 aliphatic rings. The average Bonchev–Trinajstić information content (AvgIpc) is 3.28. The van der Waals surface area contributed by atoms with Gasteiger partial charge in [-0.15, -0.1) is 0 Å². The molecule has 3 heteroatoms. The van der Waals surface area contributed by atoms with Crippen molar-refractivity contribution in [3.05, 3.63) is 96.3 Å². The Hall–Kier alpha value is -1.67. The Morgan fingerprint density at radius 2 is 1.71 bits per heavy atom. The van der Waals surface area contributed by atoms with E-state index < -0.39 is 0 Å². The van der Waals surface area contributed by atoms with E-state index in [1.165, 1.54) is 16.7 Å². The van der Waals surface area contributed by atoms with Crippen LogP contribution in [0, 0.1) is 19.8 Å². The summed E-state index contributed by atoms with van der Waals surface area (Å²) in [5, 5.41) is 3.39. The Morgan fingerprint density at radius 3 is 2.29 bits per heavy atom. The second kappa shape index (κ2) is 12.7. The molecule has 0 atom stereocenters. The first-order valence-electron chi connectivity index (χ1n) is 7.99. The van der Waals surface area contributed by atoms with Gasteiger partial charge in [0.15, 0.2) is 0 Å². The summed E-state index contributed by atoms with van der Waals surface area (Å²) in [7, 11) is 0. The van der Waals surface area contributed by atoms with Crippen LogP contribution in [0.5, 0.6) is 0 Å². The molecule has 0 spiro atoms. The fourth-order valence-corrected chi connectivity index (χ4v) is 2.05. The first kappa shape index (κ1) is 20.4. The van der Waals surface area contributed by atoms with Crippen molar-refractivity contribution in [3.63, 3.8) is 0 Å². The van der Waals surface area contributed by atoms with Gasteiger partial charge in [-0.3, -0.25) is 4.99 Å². The van der Waals surface area contributed by atoms with Gasteiger partial charge in [0.1, 0.15) is 0 Å². The third-order valence-electron chi connectivity index (χ3n) is 3.35. The van der Waals surface area contributed by atoms with Crippen LogP contribution in [0.15, 0.2) is 77.4 Å². The van der Waals surface area contributed by atoms with Crippen molar-refractivity contribution < 1.29 is 17.1 Å². The normalized spacial score (nSPS) is 14.5. The van der Waals surface area contributed by atoms with E-state index in [1.54, 1.807) is 0 Å². The third-order valence-corrected chi connectivity index (χ3v) is 3.35. The van der Waals surface area contributed by atoms with Crippen molar-refractivity contribution >= 4 is 6.21 Å². The fourth-order valence-electron chi connectivity index (χ4n) is 2.05. The molecule has 3 rings (SSSR count). The van der Waals surface area contributed by atoms with E-state index in [4.69, 9.17) is 0 Å². The Morgan fingerprint density at radius 1 is 0.958 bits per heavy atom. The van der Waals surface area contributed by atoms with E-state index in [0.29, 0.717) is 0 Å². The predicted octanol–water partition coefficient (Wildman–Crippen LogP) is 4.17. The van der Waals surface area contributed by atoms with Crippen molar-refractivity contribution in [2.75, 3.05) is 13.1 Å².